The molecule has 1 amide bonds. The monoisotopic (exact) mass is 288 g/mol. The van der Waals surface area contributed by atoms with Gasteiger partial charge in [0.05, 0.1) is 11.9 Å². The number of carbonyl (C=O) groups is 1. The summed E-state index contributed by atoms with van der Waals surface area (Å²) in [7, 11) is 0. The van der Waals surface area contributed by atoms with E-state index in [1.165, 1.54) is 18.3 Å². The summed E-state index contributed by atoms with van der Waals surface area (Å²) in [5.74, 6) is -0.708. The minimum Gasteiger partial charge on any atom is -0.382 e. The highest BCUT2D eigenvalue weighted by Gasteiger charge is 2.16. The Morgan fingerprint density at radius 2 is 2.24 bits per heavy atom. The Labute approximate surface area is 122 Å². The van der Waals surface area contributed by atoms with Crippen LogP contribution in [0.15, 0.2) is 30.5 Å². The maximum atomic E-state index is 13.3. The molecule has 0 bridgehead atoms. The lowest BCUT2D eigenvalue weighted by molar-refractivity contribution is 0.0935. The van der Waals surface area contributed by atoms with Crippen LogP contribution < -0.4 is 11.1 Å². The second-order valence-corrected chi connectivity index (χ2v) is 4.78. The number of nitrogens with one attached hydrogen (secondary N) is 1. The average molecular weight is 288 g/mol. The van der Waals surface area contributed by atoms with Crippen molar-refractivity contribution in [1.82, 2.24) is 15.3 Å². The molecule has 1 aromatic carbocycles. The van der Waals surface area contributed by atoms with E-state index in [2.05, 4.69) is 15.3 Å². The van der Waals surface area contributed by atoms with Crippen LogP contribution in [0.25, 0.3) is 11.3 Å². The summed E-state index contributed by atoms with van der Waals surface area (Å²) >= 11 is 0. The summed E-state index contributed by atoms with van der Waals surface area (Å²) in [5, 5.41) is 2.78. The molecular formula is C15H17FN4O. The molecule has 1 heterocycles. The fraction of sp³-hybridized carbons (Fsp3) is 0.267. The molecule has 110 valence electrons. The van der Waals surface area contributed by atoms with E-state index in [-0.39, 0.29) is 29.3 Å². The fourth-order valence-electron chi connectivity index (χ4n) is 1.75. The summed E-state index contributed by atoms with van der Waals surface area (Å²) in [6.45, 7) is 3.85. The van der Waals surface area contributed by atoms with Crippen molar-refractivity contribution >= 4 is 11.7 Å². The molecule has 2 rings (SSSR count). The fourth-order valence-corrected chi connectivity index (χ4v) is 1.75. The molecule has 0 fully saturated rings. The smallest absolute Gasteiger partial charge is 0.273 e. The van der Waals surface area contributed by atoms with E-state index >= 15 is 0 Å². The van der Waals surface area contributed by atoms with Gasteiger partial charge >= 0.3 is 0 Å². The Bertz CT molecular complexity index is 660. The van der Waals surface area contributed by atoms with Gasteiger partial charge in [-0.1, -0.05) is 19.1 Å². The quantitative estimate of drug-likeness (QED) is 0.905. The number of rotatable bonds is 4. The van der Waals surface area contributed by atoms with E-state index in [0.29, 0.717) is 11.3 Å². The van der Waals surface area contributed by atoms with Crippen LogP contribution >= 0.6 is 0 Å². The molecule has 1 aromatic heterocycles. The highest BCUT2D eigenvalue weighted by molar-refractivity contribution is 5.96. The third kappa shape index (κ3) is 3.53. The van der Waals surface area contributed by atoms with Crippen LogP contribution in [0.5, 0.6) is 0 Å². The number of hydrogen-bond acceptors (Lipinski definition) is 4. The van der Waals surface area contributed by atoms with Gasteiger partial charge in [0.1, 0.15) is 5.82 Å². The van der Waals surface area contributed by atoms with Crippen molar-refractivity contribution in [3.8, 4) is 11.3 Å². The van der Waals surface area contributed by atoms with Crippen molar-refractivity contribution in [2.45, 2.75) is 26.3 Å². The van der Waals surface area contributed by atoms with E-state index in [1.54, 1.807) is 12.1 Å². The Kier molecular flexibility index (Phi) is 4.47. The molecule has 0 aliphatic rings. The van der Waals surface area contributed by atoms with Crippen LogP contribution in [0, 0.1) is 5.82 Å². The van der Waals surface area contributed by atoms with E-state index in [1.807, 2.05) is 13.8 Å². The molecule has 0 radical (unpaired) electrons. The molecular weight excluding hydrogens is 271 g/mol. The van der Waals surface area contributed by atoms with Gasteiger partial charge in [0.25, 0.3) is 5.91 Å². The summed E-state index contributed by atoms with van der Waals surface area (Å²) in [6, 6.07) is 5.94. The van der Waals surface area contributed by atoms with Gasteiger partial charge in [-0.2, -0.15) is 0 Å². The van der Waals surface area contributed by atoms with Crippen molar-refractivity contribution in [2.24, 2.45) is 0 Å². The first-order valence-electron chi connectivity index (χ1n) is 6.70. The minimum absolute atomic E-state index is 0.0107. The maximum Gasteiger partial charge on any atom is 0.273 e. The first kappa shape index (κ1) is 14.9. The molecule has 0 saturated carbocycles. The molecule has 5 nitrogen and oxygen atoms in total. The van der Waals surface area contributed by atoms with Gasteiger partial charge in [0, 0.05) is 11.6 Å². The predicted molar refractivity (Wildman–Crippen MR) is 79.1 cm³/mol. The molecule has 2 aromatic rings. The zero-order valence-corrected chi connectivity index (χ0v) is 11.9. The lowest BCUT2D eigenvalue weighted by Crippen LogP contribution is -2.33. The van der Waals surface area contributed by atoms with Crippen LogP contribution in [-0.4, -0.2) is 21.9 Å². The number of aromatic nitrogens is 2. The zero-order chi connectivity index (χ0) is 15.4. The predicted octanol–water partition coefficient (Wildman–Crippen LogP) is 2.39. The minimum atomic E-state index is -0.382. The first-order valence-corrected chi connectivity index (χ1v) is 6.70. The van der Waals surface area contributed by atoms with Crippen molar-refractivity contribution < 1.29 is 9.18 Å². The van der Waals surface area contributed by atoms with Crippen molar-refractivity contribution in [2.75, 3.05) is 5.73 Å². The lowest BCUT2D eigenvalue weighted by atomic mass is 10.1. The Morgan fingerprint density at radius 1 is 1.48 bits per heavy atom. The Balaban J connectivity index is 2.35. The standard InChI is InChI=1S/C15H17FN4O/c1-3-9(2)19-15(21)13-14(17)18-8-12(20-13)10-5-4-6-11(16)7-10/h4-9H,3H2,1-2H3,(H2,17,18)(H,19,21). The molecule has 6 heteroatoms. The number of benzene rings is 1. The summed E-state index contributed by atoms with van der Waals surface area (Å²) in [6.07, 6.45) is 2.22. The van der Waals surface area contributed by atoms with E-state index in [4.69, 9.17) is 5.73 Å². The highest BCUT2D eigenvalue weighted by atomic mass is 19.1. The van der Waals surface area contributed by atoms with Crippen molar-refractivity contribution in [3.05, 3.63) is 42.0 Å². The lowest BCUT2D eigenvalue weighted by Gasteiger charge is -2.12. The molecule has 0 aliphatic heterocycles. The third-order valence-corrected chi connectivity index (χ3v) is 3.13. The average Bonchev–Trinajstić information content (AvgIpc) is 2.47. The number of halogens is 1. The van der Waals surface area contributed by atoms with Crippen molar-refractivity contribution in [3.63, 3.8) is 0 Å². The molecule has 1 atom stereocenters. The molecule has 0 saturated heterocycles. The van der Waals surface area contributed by atoms with Crippen molar-refractivity contribution in [1.29, 1.82) is 0 Å². The van der Waals surface area contributed by atoms with Crippen LogP contribution in [0.3, 0.4) is 0 Å². The van der Waals surface area contributed by atoms with Gasteiger partial charge in [-0.05, 0) is 25.5 Å². The second-order valence-electron chi connectivity index (χ2n) is 4.78. The summed E-state index contributed by atoms with van der Waals surface area (Å²) in [4.78, 5) is 20.3. The number of nitrogen functional groups attached to an aromatic ring is 1. The first-order chi connectivity index (χ1) is 10.0. The van der Waals surface area contributed by atoms with Crippen LogP contribution in [0.2, 0.25) is 0 Å². The number of amides is 1. The SMILES string of the molecule is CCC(C)NC(=O)c1nc(-c2cccc(F)c2)cnc1N. The molecule has 0 spiro atoms. The number of carbonyl (C=O) groups excluding carboxylic acids is 1. The number of hydrogen-bond donors (Lipinski definition) is 2. The Morgan fingerprint density at radius 3 is 2.90 bits per heavy atom. The summed E-state index contributed by atoms with van der Waals surface area (Å²) in [5.41, 5.74) is 6.70. The van der Waals surface area contributed by atoms with Crippen LogP contribution in [0.1, 0.15) is 30.8 Å². The maximum absolute atomic E-state index is 13.3. The zero-order valence-electron chi connectivity index (χ0n) is 11.9. The molecule has 0 aliphatic carbocycles. The van der Waals surface area contributed by atoms with E-state index in [0.717, 1.165) is 6.42 Å². The van der Waals surface area contributed by atoms with Gasteiger partial charge in [-0.25, -0.2) is 14.4 Å². The van der Waals surface area contributed by atoms with Crippen LogP contribution in [0.4, 0.5) is 10.2 Å². The van der Waals surface area contributed by atoms with E-state index < -0.39 is 0 Å². The third-order valence-electron chi connectivity index (χ3n) is 3.13. The number of nitrogens with two attached hydrogens (primary N) is 1. The van der Waals surface area contributed by atoms with Gasteiger partial charge in [0.2, 0.25) is 0 Å². The molecule has 21 heavy (non-hydrogen) atoms. The van der Waals surface area contributed by atoms with Gasteiger partial charge in [0.15, 0.2) is 11.5 Å². The Hall–Kier alpha value is -2.50. The van der Waals surface area contributed by atoms with Crippen LogP contribution in [-0.2, 0) is 0 Å². The normalized spacial score (nSPS) is 12.0. The highest BCUT2D eigenvalue weighted by Crippen LogP contribution is 2.19. The summed E-state index contributed by atoms with van der Waals surface area (Å²) < 4.78 is 13.3. The topological polar surface area (TPSA) is 80.9 Å². The van der Waals surface area contributed by atoms with Gasteiger partial charge in [-0.3, -0.25) is 4.79 Å². The largest absolute Gasteiger partial charge is 0.382 e. The number of anilines is 1. The van der Waals surface area contributed by atoms with Gasteiger partial charge < -0.3 is 11.1 Å². The van der Waals surface area contributed by atoms with E-state index in [9.17, 15) is 9.18 Å². The van der Waals surface area contributed by atoms with Gasteiger partial charge in [-0.15, -0.1) is 0 Å². The second kappa shape index (κ2) is 6.30. The number of nitrogens with zero attached hydrogens (tertiary/aromatic N) is 2. The molecule has 1 unspecified atom stereocenters. The molecule has 3 N–H and O–H groups in total.